The van der Waals surface area contributed by atoms with Gasteiger partial charge in [-0.2, -0.15) is 0 Å². The number of hydrogen-bond acceptors (Lipinski definition) is 2. The Balaban J connectivity index is 2.17. The van der Waals surface area contributed by atoms with Gasteiger partial charge in [0, 0.05) is 34.1 Å². The predicted molar refractivity (Wildman–Crippen MR) is 112 cm³/mol. The van der Waals surface area contributed by atoms with Gasteiger partial charge < -0.3 is 9.97 Å². The van der Waals surface area contributed by atoms with Gasteiger partial charge in [-0.3, -0.25) is 9.59 Å². The Hall–Kier alpha value is -2.59. The highest BCUT2D eigenvalue weighted by molar-refractivity contribution is 6.31. The first-order valence-electron chi connectivity index (χ1n) is 8.82. The molecule has 2 N–H and O–H groups in total. The highest BCUT2D eigenvalue weighted by Crippen LogP contribution is 2.35. The van der Waals surface area contributed by atoms with Gasteiger partial charge in [-0.15, -0.1) is 0 Å². The summed E-state index contributed by atoms with van der Waals surface area (Å²) in [4.78, 5) is 30.4. The predicted octanol–water partition coefficient (Wildman–Crippen LogP) is 4.96. The summed E-state index contributed by atoms with van der Waals surface area (Å²) < 4.78 is 0. The zero-order valence-corrected chi connectivity index (χ0v) is 16.9. The first-order valence-corrected chi connectivity index (χ1v) is 9.20. The number of aromatic nitrogens is 2. The molecule has 0 aliphatic heterocycles. The summed E-state index contributed by atoms with van der Waals surface area (Å²) in [6, 6.07) is 10.3. The zero-order valence-electron chi connectivity index (χ0n) is 16.2. The quantitative estimate of drug-likeness (QED) is 0.657. The number of halogens is 1. The molecule has 5 heteroatoms. The Morgan fingerprint density at radius 2 is 1.63 bits per heavy atom. The molecule has 0 amide bonds. The van der Waals surface area contributed by atoms with E-state index in [4.69, 9.17) is 11.6 Å². The molecule has 27 heavy (non-hydrogen) atoms. The van der Waals surface area contributed by atoms with Gasteiger partial charge >= 0.3 is 0 Å². The number of H-pyrrole nitrogens is 2. The fourth-order valence-corrected chi connectivity index (χ4v) is 3.76. The lowest BCUT2D eigenvalue weighted by Gasteiger charge is -2.22. The molecule has 0 fully saturated rings. The van der Waals surface area contributed by atoms with E-state index in [0.717, 1.165) is 16.7 Å². The van der Waals surface area contributed by atoms with E-state index < -0.39 is 0 Å². The molecule has 0 bridgehead atoms. The topological polar surface area (TPSA) is 65.7 Å². The van der Waals surface area contributed by atoms with Crippen molar-refractivity contribution < 1.29 is 0 Å². The van der Waals surface area contributed by atoms with Crippen molar-refractivity contribution in [3.63, 3.8) is 0 Å². The molecule has 140 valence electrons. The smallest absolute Gasteiger partial charge is 0.248 e. The minimum Gasteiger partial charge on any atom is -0.358 e. The maximum atomic E-state index is 12.8. The minimum absolute atomic E-state index is 0.0628. The molecular formula is C22H23ClN2O2. The van der Waals surface area contributed by atoms with Crippen molar-refractivity contribution in [1.82, 2.24) is 9.97 Å². The van der Waals surface area contributed by atoms with Gasteiger partial charge in [0.05, 0.1) is 11.3 Å². The highest BCUT2D eigenvalue weighted by atomic mass is 35.5. The van der Waals surface area contributed by atoms with Crippen molar-refractivity contribution in [2.75, 3.05) is 0 Å². The summed E-state index contributed by atoms with van der Waals surface area (Å²) in [7, 11) is 0. The molecule has 2 heterocycles. The van der Waals surface area contributed by atoms with Crippen molar-refractivity contribution >= 4 is 11.6 Å². The Morgan fingerprint density at radius 1 is 0.926 bits per heavy atom. The molecule has 0 aliphatic carbocycles. The maximum absolute atomic E-state index is 12.8. The molecule has 3 rings (SSSR count). The van der Waals surface area contributed by atoms with Crippen LogP contribution in [-0.2, 0) is 5.41 Å². The van der Waals surface area contributed by atoms with Crippen LogP contribution in [0.5, 0.6) is 0 Å². The fraction of sp³-hybridized carbons (Fsp3) is 0.273. The molecule has 0 atom stereocenters. The summed E-state index contributed by atoms with van der Waals surface area (Å²) in [6.07, 6.45) is 0. The third kappa shape index (κ3) is 3.76. The Morgan fingerprint density at radius 3 is 2.22 bits per heavy atom. The van der Waals surface area contributed by atoms with Crippen molar-refractivity contribution in [2.24, 2.45) is 0 Å². The van der Waals surface area contributed by atoms with Crippen LogP contribution in [0.25, 0.3) is 22.5 Å². The first kappa shape index (κ1) is 19.2. The van der Waals surface area contributed by atoms with Crippen LogP contribution in [-0.4, -0.2) is 9.97 Å². The molecule has 2 aromatic heterocycles. The van der Waals surface area contributed by atoms with Crippen LogP contribution in [0.2, 0.25) is 5.02 Å². The molecule has 0 saturated carbocycles. The average molecular weight is 383 g/mol. The van der Waals surface area contributed by atoms with Gasteiger partial charge in [0.1, 0.15) is 0 Å². The summed E-state index contributed by atoms with van der Waals surface area (Å²) >= 11 is 6.53. The Bertz CT molecular complexity index is 1130. The number of hydrogen-bond donors (Lipinski definition) is 2. The van der Waals surface area contributed by atoms with Crippen LogP contribution < -0.4 is 11.0 Å². The summed E-state index contributed by atoms with van der Waals surface area (Å²) in [6.45, 7) is 10.2. The number of aromatic amines is 2. The van der Waals surface area contributed by atoms with Gasteiger partial charge in [0.2, 0.25) is 5.56 Å². The molecule has 0 unspecified atom stereocenters. The van der Waals surface area contributed by atoms with Gasteiger partial charge in [0.25, 0.3) is 0 Å². The summed E-state index contributed by atoms with van der Waals surface area (Å²) in [5.41, 5.74) is 4.91. The van der Waals surface area contributed by atoms with E-state index >= 15 is 0 Å². The highest BCUT2D eigenvalue weighted by Gasteiger charge is 2.20. The molecule has 0 radical (unpaired) electrons. The zero-order chi connectivity index (χ0) is 19.9. The minimum atomic E-state index is -0.240. The summed E-state index contributed by atoms with van der Waals surface area (Å²) in [5.74, 6) is 0. The summed E-state index contributed by atoms with van der Waals surface area (Å²) in [5, 5.41) is 0.679. The van der Waals surface area contributed by atoms with Crippen LogP contribution >= 0.6 is 11.6 Å². The number of rotatable bonds is 2. The fourth-order valence-electron chi connectivity index (χ4n) is 3.31. The van der Waals surface area contributed by atoms with E-state index in [-0.39, 0.29) is 16.4 Å². The van der Waals surface area contributed by atoms with Gasteiger partial charge in [0.15, 0.2) is 5.43 Å². The second-order valence-electron chi connectivity index (χ2n) is 7.87. The molecule has 0 aliphatic rings. The van der Waals surface area contributed by atoms with Crippen LogP contribution in [0.4, 0.5) is 0 Å². The van der Waals surface area contributed by atoms with Crippen LogP contribution in [0.1, 0.15) is 37.6 Å². The third-order valence-corrected chi connectivity index (χ3v) is 4.98. The number of benzene rings is 1. The standard InChI is InChI=1S/C22H23ClN2O2/c1-12-9-15(22(3,4)5)16(23)10-14(12)18-11-19(26)21(13(2)24-18)17-7-6-8-20(27)25-17/h6-11H,1-5H3,(H,24,26)(H,25,27). The monoisotopic (exact) mass is 382 g/mol. The molecule has 0 spiro atoms. The van der Waals surface area contributed by atoms with Crippen molar-refractivity contribution in [3.8, 4) is 22.5 Å². The lowest BCUT2D eigenvalue weighted by Crippen LogP contribution is -2.14. The maximum Gasteiger partial charge on any atom is 0.248 e. The average Bonchev–Trinajstić information content (AvgIpc) is 2.55. The van der Waals surface area contributed by atoms with Gasteiger partial charge in [-0.25, -0.2) is 0 Å². The molecule has 4 nitrogen and oxygen atoms in total. The number of aryl methyl sites for hydroxylation is 2. The van der Waals surface area contributed by atoms with Crippen LogP contribution in [0, 0.1) is 13.8 Å². The Kier molecular flexibility index (Phi) is 4.87. The van der Waals surface area contributed by atoms with Crippen LogP contribution in [0.3, 0.4) is 0 Å². The second-order valence-corrected chi connectivity index (χ2v) is 8.28. The lowest BCUT2D eigenvalue weighted by atomic mass is 9.85. The molecule has 3 aromatic rings. The molecular weight excluding hydrogens is 360 g/mol. The van der Waals surface area contributed by atoms with Gasteiger partial charge in [-0.05, 0) is 42.5 Å². The van der Waals surface area contributed by atoms with E-state index in [1.807, 2.05) is 19.9 Å². The molecule has 1 aromatic carbocycles. The largest absolute Gasteiger partial charge is 0.358 e. The number of pyridine rings is 2. The van der Waals surface area contributed by atoms with E-state index in [0.29, 0.717) is 27.7 Å². The van der Waals surface area contributed by atoms with E-state index in [1.54, 1.807) is 18.2 Å². The normalized spacial score (nSPS) is 11.6. The van der Waals surface area contributed by atoms with Crippen molar-refractivity contribution in [1.29, 1.82) is 0 Å². The van der Waals surface area contributed by atoms with E-state index in [9.17, 15) is 9.59 Å². The van der Waals surface area contributed by atoms with Crippen LogP contribution in [0.15, 0.2) is 46.0 Å². The van der Waals surface area contributed by atoms with Crippen molar-refractivity contribution in [2.45, 2.75) is 40.0 Å². The first-order chi connectivity index (χ1) is 12.6. The second kappa shape index (κ2) is 6.86. The van der Waals surface area contributed by atoms with Crippen molar-refractivity contribution in [3.05, 3.63) is 78.8 Å². The Labute approximate surface area is 163 Å². The van der Waals surface area contributed by atoms with Gasteiger partial charge in [-0.1, -0.05) is 44.5 Å². The van der Waals surface area contributed by atoms with E-state index in [2.05, 4.69) is 36.8 Å². The van der Waals surface area contributed by atoms with E-state index in [1.165, 1.54) is 6.07 Å². The SMILES string of the molecule is Cc1cc(C(C)(C)C)c(Cl)cc1-c1cc(=O)c(-c2cccc(=O)[nH]2)c(C)[nH]1. The lowest BCUT2D eigenvalue weighted by molar-refractivity contribution is 0.590. The molecule has 0 saturated heterocycles. The number of nitrogens with one attached hydrogen (secondary N) is 2. The third-order valence-electron chi connectivity index (χ3n) is 4.67.